The highest BCUT2D eigenvalue weighted by molar-refractivity contribution is 7.99. The molecule has 1 N–H and O–H groups in total. The van der Waals surface area contributed by atoms with Crippen molar-refractivity contribution < 1.29 is 23.0 Å². The predicted molar refractivity (Wildman–Crippen MR) is 129 cm³/mol. The third-order valence-corrected chi connectivity index (χ3v) is 5.68. The van der Waals surface area contributed by atoms with Crippen molar-refractivity contribution in [1.82, 2.24) is 14.8 Å². The second kappa shape index (κ2) is 11.5. The average molecular weight is 497 g/mol. The number of hydrogen-bond acceptors (Lipinski definition) is 6. The van der Waals surface area contributed by atoms with Gasteiger partial charge in [-0.25, -0.2) is 8.78 Å². The summed E-state index contributed by atoms with van der Waals surface area (Å²) >= 11 is 1.13. The Balaban J connectivity index is 1.52. The van der Waals surface area contributed by atoms with Crippen molar-refractivity contribution >= 4 is 23.4 Å². The number of anilines is 1. The zero-order valence-corrected chi connectivity index (χ0v) is 19.6. The molecule has 0 unspecified atom stereocenters. The van der Waals surface area contributed by atoms with Crippen LogP contribution in [0.4, 0.5) is 14.5 Å². The van der Waals surface area contributed by atoms with Crippen molar-refractivity contribution in [3.8, 4) is 17.2 Å². The molecule has 0 saturated carbocycles. The molecular weight excluding hydrogens is 474 g/mol. The normalized spacial score (nSPS) is 10.7. The van der Waals surface area contributed by atoms with E-state index in [-0.39, 0.29) is 18.0 Å². The highest BCUT2D eigenvalue weighted by atomic mass is 32.2. The Bertz CT molecular complexity index is 1280. The van der Waals surface area contributed by atoms with Crippen LogP contribution in [0.1, 0.15) is 12.7 Å². The lowest BCUT2D eigenvalue weighted by molar-refractivity contribution is -0.113. The molecule has 0 aliphatic heterocycles. The van der Waals surface area contributed by atoms with Crippen molar-refractivity contribution in [3.05, 3.63) is 90.3 Å². The van der Waals surface area contributed by atoms with Gasteiger partial charge in [0.15, 0.2) is 11.0 Å². The van der Waals surface area contributed by atoms with Gasteiger partial charge in [0, 0.05) is 11.8 Å². The quantitative estimate of drug-likeness (QED) is 0.302. The number of nitrogens with zero attached hydrogens (tertiary/aromatic N) is 3. The minimum atomic E-state index is -0.846. The van der Waals surface area contributed by atoms with Crippen LogP contribution in [0.15, 0.2) is 78.0 Å². The van der Waals surface area contributed by atoms with E-state index >= 15 is 0 Å². The largest absolute Gasteiger partial charge is 0.494 e. The molecule has 180 valence electrons. The van der Waals surface area contributed by atoms with E-state index in [4.69, 9.17) is 9.47 Å². The number of carbonyl (C=O) groups excluding carboxylic acids is 1. The fraction of sp³-hybridized carbons (Fsp3) is 0.160. The minimum absolute atomic E-state index is 0.0640. The molecule has 0 aliphatic carbocycles. The van der Waals surface area contributed by atoms with Gasteiger partial charge in [-0.15, -0.1) is 10.2 Å². The van der Waals surface area contributed by atoms with Crippen molar-refractivity contribution in [2.45, 2.75) is 18.7 Å². The topological polar surface area (TPSA) is 78.3 Å². The number of thioether (sulfide) groups is 1. The Morgan fingerprint density at radius 3 is 2.43 bits per heavy atom. The van der Waals surface area contributed by atoms with E-state index in [1.807, 2.05) is 61.5 Å². The van der Waals surface area contributed by atoms with Crippen LogP contribution >= 0.6 is 11.8 Å². The van der Waals surface area contributed by atoms with E-state index in [9.17, 15) is 13.6 Å². The summed E-state index contributed by atoms with van der Waals surface area (Å²) in [6, 6.07) is 19.7. The zero-order chi connectivity index (χ0) is 24.6. The second-order valence-electron chi connectivity index (χ2n) is 7.22. The molecule has 1 aromatic heterocycles. The number of ether oxygens (including phenoxy) is 2. The van der Waals surface area contributed by atoms with E-state index < -0.39 is 17.5 Å². The number of halogens is 2. The number of aromatic nitrogens is 3. The summed E-state index contributed by atoms with van der Waals surface area (Å²) in [6.45, 7) is 2.61. The molecule has 3 aromatic carbocycles. The van der Waals surface area contributed by atoms with Crippen LogP contribution in [0.5, 0.6) is 11.5 Å². The number of para-hydroxylation sites is 1. The maximum atomic E-state index is 13.9. The summed E-state index contributed by atoms with van der Waals surface area (Å²) in [6.07, 6.45) is 0. The Hall–Kier alpha value is -3.92. The van der Waals surface area contributed by atoms with Crippen LogP contribution in [0.3, 0.4) is 0 Å². The molecule has 1 amide bonds. The Kier molecular flexibility index (Phi) is 7.94. The number of amides is 1. The van der Waals surface area contributed by atoms with Crippen LogP contribution in [0.2, 0.25) is 0 Å². The number of benzene rings is 3. The monoisotopic (exact) mass is 496 g/mol. The standard InChI is InChI=1S/C25H22F2N4O3S/c1-2-33-20-11-9-18(10-12-20)31-23(15-34-19-6-4-3-5-7-19)29-30-25(31)35-16-24(32)28-22-13-8-17(26)14-21(22)27/h3-14H,2,15-16H2,1H3,(H,28,32). The summed E-state index contributed by atoms with van der Waals surface area (Å²) in [5, 5.41) is 11.4. The van der Waals surface area contributed by atoms with Gasteiger partial charge in [0.1, 0.15) is 29.7 Å². The summed E-state index contributed by atoms with van der Waals surface area (Å²) in [5.41, 5.74) is 0.666. The van der Waals surface area contributed by atoms with Crippen LogP contribution < -0.4 is 14.8 Å². The highest BCUT2D eigenvalue weighted by Gasteiger charge is 2.17. The third-order valence-electron chi connectivity index (χ3n) is 4.76. The van der Waals surface area contributed by atoms with E-state index in [1.165, 1.54) is 6.07 Å². The first kappa shape index (κ1) is 24.2. The second-order valence-corrected chi connectivity index (χ2v) is 8.17. The molecule has 10 heteroatoms. The van der Waals surface area contributed by atoms with Gasteiger partial charge >= 0.3 is 0 Å². The number of hydrogen-bond donors (Lipinski definition) is 1. The Labute approximate surface area is 205 Å². The molecule has 0 spiro atoms. The van der Waals surface area contributed by atoms with Crippen LogP contribution in [-0.4, -0.2) is 33.0 Å². The molecular formula is C25H22F2N4O3S. The van der Waals surface area contributed by atoms with Crippen LogP contribution in [0, 0.1) is 11.6 Å². The fourth-order valence-electron chi connectivity index (χ4n) is 3.18. The van der Waals surface area contributed by atoms with Crippen molar-refractivity contribution in [1.29, 1.82) is 0 Å². The number of rotatable bonds is 10. The first-order valence-electron chi connectivity index (χ1n) is 10.8. The van der Waals surface area contributed by atoms with Gasteiger partial charge in [0.05, 0.1) is 18.0 Å². The van der Waals surface area contributed by atoms with Gasteiger partial charge in [-0.2, -0.15) is 0 Å². The maximum Gasteiger partial charge on any atom is 0.234 e. The van der Waals surface area contributed by atoms with Gasteiger partial charge in [-0.05, 0) is 55.5 Å². The number of carbonyl (C=O) groups is 1. The molecule has 4 rings (SSSR count). The zero-order valence-electron chi connectivity index (χ0n) is 18.8. The van der Waals surface area contributed by atoms with Crippen molar-refractivity contribution in [2.24, 2.45) is 0 Å². The maximum absolute atomic E-state index is 13.9. The average Bonchev–Trinajstić information content (AvgIpc) is 3.27. The molecule has 0 saturated heterocycles. The lowest BCUT2D eigenvalue weighted by atomic mass is 10.3. The molecule has 0 atom stereocenters. The van der Waals surface area contributed by atoms with E-state index in [1.54, 1.807) is 4.57 Å². The van der Waals surface area contributed by atoms with Crippen LogP contribution in [-0.2, 0) is 11.4 Å². The smallest absolute Gasteiger partial charge is 0.234 e. The van der Waals surface area contributed by atoms with E-state index in [0.717, 1.165) is 29.3 Å². The summed E-state index contributed by atoms with van der Waals surface area (Å²) in [5.74, 6) is -0.157. The van der Waals surface area contributed by atoms with Gasteiger partial charge in [0.25, 0.3) is 0 Å². The molecule has 35 heavy (non-hydrogen) atoms. The molecule has 0 bridgehead atoms. The lowest BCUT2D eigenvalue weighted by Gasteiger charge is -2.12. The summed E-state index contributed by atoms with van der Waals surface area (Å²) in [4.78, 5) is 12.4. The molecule has 7 nitrogen and oxygen atoms in total. The van der Waals surface area contributed by atoms with Crippen molar-refractivity contribution in [2.75, 3.05) is 17.7 Å². The SMILES string of the molecule is CCOc1ccc(-n2c(COc3ccccc3)nnc2SCC(=O)Nc2ccc(F)cc2F)cc1. The summed E-state index contributed by atoms with van der Waals surface area (Å²) < 4.78 is 40.1. The van der Waals surface area contributed by atoms with Gasteiger partial charge in [-0.3, -0.25) is 9.36 Å². The fourth-order valence-corrected chi connectivity index (χ4v) is 3.95. The lowest BCUT2D eigenvalue weighted by Crippen LogP contribution is -2.16. The van der Waals surface area contributed by atoms with E-state index in [0.29, 0.717) is 29.4 Å². The number of nitrogens with one attached hydrogen (secondary N) is 1. The highest BCUT2D eigenvalue weighted by Crippen LogP contribution is 2.25. The first-order valence-corrected chi connectivity index (χ1v) is 11.7. The molecule has 0 fully saturated rings. The molecule has 1 heterocycles. The molecule has 0 aliphatic rings. The summed E-state index contributed by atoms with van der Waals surface area (Å²) in [7, 11) is 0. The van der Waals surface area contributed by atoms with Crippen molar-refractivity contribution in [3.63, 3.8) is 0 Å². The van der Waals surface area contributed by atoms with Crippen LogP contribution in [0.25, 0.3) is 5.69 Å². The Morgan fingerprint density at radius 1 is 0.971 bits per heavy atom. The molecule has 0 radical (unpaired) electrons. The molecule has 4 aromatic rings. The minimum Gasteiger partial charge on any atom is -0.494 e. The van der Waals surface area contributed by atoms with Gasteiger partial charge < -0.3 is 14.8 Å². The first-order chi connectivity index (χ1) is 17.0. The Morgan fingerprint density at radius 2 is 1.71 bits per heavy atom. The predicted octanol–water partition coefficient (Wildman–Crippen LogP) is 5.25. The van der Waals surface area contributed by atoms with E-state index in [2.05, 4.69) is 15.5 Å². The van der Waals surface area contributed by atoms with Gasteiger partial charge in [0.2, 0.25) is 5.91 Å². The third kappa shape index (κ3) is 6.36. The van der Waals surface area contributed by atoms with Gasteiger partial charge in [-0.1, -0.05) is 30.0 Å².